The molecule has 0 saturated carbocycles. The van der Waals surface area contributed by atoms with E-state index in [1.165, 1.54) is 17.8 Å². The van der Waals surface area contributed by atoms with Gasteiger partial charge in [-0.3, -0.25) is 4.68 Å². The quantitative estimate of drug-likeness (QED) is 0.880. The van der Waals surface area contributed by atoms with E-state index in [-0.39, 0.29) is 5.82 Å². The summed E-state index contributed by atoms with van der Waals surface area (Å²) in [4.78, 5) is 0. The number of rotatable bonds is 2. The van der Waals surface area contributed by atoms with Crippen LogP contribution in [0.3, 0.4) is 0 Å². The Morgan fingerprint density at radius 3 is 2.78 bits per heavy atom. The lowest BCUT2D eigenvalue weighted by molar-refractivity contribution is 0.628. The van der Waals surface area contributed by atoms with Crippen LogP contribution in [0.2, 0.25) is 0 Å². The third-order valence-electron chi connectivity index (χ3n) is 3.59. The molecular formula is C14H16FN3. The predicted octanol–water partition coefficient (Wildman–Crippen LogP) is 2.30. The zero-order valence-corrected chi connectivity index (χ0v) is 10.4. The van der Waals surface area contributed by atoms with Gasteiger partial charge in [-0.25, -0.2) is 4.39 Å². The number of benzene rings is 1. The van der Waals surface area contributed by atoms with Crippen LogP contribution >= 0.6 is 0 Å². The molecule has 1 aromatic carbocycles. The fourth-order valence-corrected chi connectivity index (χ4v) is 2.67. The average Bonchev–Trinajstić information content (AvgIpc) is 2.99. The van der Waals surface area contributed by atoms with Gasteiger partial charge in [-0.15, -0.1) is 0 Å². The zero-order chi connectivity index (χ0) is 12.5. The van der Waals surface area contributed by atoms with Crippen molar-refractivity contribution in [2.75, 3.05) is 13.1 Å². The van der Waals surface area contributed by atoms with Gasteiger partial charge in [0.15, 0.2) is 0 Å². The van der Waals surface area contributed by atoms with Crippen molar-refractivity contribution in [3.63, 3.8) is 0 Å². The van der Waals surface area contributed by atoms with Gasteiger partial charge in [0, 0.05) is 25.1 Å². The van der Waals surface area contributed by atoms with E-state index in [2.05, 4.69) is 10.4 Å². The normalized spacial score (nSPS) is 19.3. The summed E-state index contributed by atoms with van der Waals surface area (Å²) >= 11 is 0. The Balaban J connectivity index is 2.04. The highest BCUT2D eigenvalue weighted by Crippen LogP contribution is 2.32. The van der Waals surface area contributed by atoms with Crippen LogP contribution in [0, 0.1) is 5.82 Å². The Morgan fingerprint density at radius 1 is 1.33 bits per heavy atom. The lowest BCUT2D eigenvalue weighted by Crippen LogP contribution is -2.11. The number of nitrogens with one attached hydrogen (secondary N) is 1. The summed E-state index contributed by atoms with van der Waals surface area (Å²) in [5.74, 6) is 0.296. The van der Waals surface area contributed by atoms with Gasteiger partial charge < -0.3 is 5.32 Å². The maximum atomic E-state index is 13.0. The molecule has 1 aliphatic heterocycles. The van der Waals surface area contributed by atoms with E-state index in [4.69, 9.17) is 0 Å². The van der Waals surface area contributed by atoms with Crippen LogP contribution in [-0.2, 0) is 7.05 Å². The van der Waals surface area contributed by atoms with Gasteiger partial charge >= 0.3 is 0 Å². The first kappa shape index (κ1) is 11.4. The number of hydrogen-bond acceptors (Lipinski definition) is 2. The molecule has 1 aliphatic rings. The van der Waals surface area contributed by atoms with Crippen LogP contribution in [0.1, 0.15) is 18.0 Å². The summed E-state index contributed by atoms with van der Waals surface area (Å²) < 4.78 is 14.9. The fourth-order valence-electron chi connectivity index (χ4n) is 2.67. The molecule has 1 fully saturated rings. The minimum atomic E-state index is -0.202. The van der Waals surface area contributed by atoms with E-state index in [1.54, 1.807) is 0 Å². The summed E-state index contributed by atoms with van der Waals surface area (Å²) in [6, 6.07) is 6.63. The first-order valence-electron chi connectivity index (χ1n) is 6.24. The minimum Gasteiger partial charge on any atom is -0.316 e. The molecule has 3 nitrogen and oxygen atoms in total. The fraction of sp³-hybridized carbons (Fsp3) is 0.357. The predicted molar refractivity (Wildman–Crippen MR) is 68.8 cm³/mol. The topological polar surface area (TPSA) is 29.9 Å². The van der Waals surface area contributed by atoms with E-state index < -0.39 is 0 Å². The summed E-state index contributed by atoms with van der Waals surface area (Å²) in [5.41, 5.74) is 3.39. The van der Waals surface area contributed by atoms with Crippen LogP contribution in [0.5, 0.6) is 0 Å². The third kappa shape index (κ3) is 1.93. The van der Waals surface area contributed by atoms with Crippen LogP contribution < -0.4 is 5.32 Å². The SMILES string of the molecule is Cn1ncc(-c2ccc(F)cc2)c1C1CCNC1. The standard InChI is InChI=1S/C14H16FN3/c1-18-14(11-6-7-16-8-11)13(9-17-18)10-2-4-12(15)5-3-10/h2-5,9,11,16H,6-8H2,1H3. The van der Waals surface area contributed by atoms with E-state index in [1.807, 2.05) is 30.1 Å². The van der Waals surface area contributed by atoms with Gasteiger partial charge in [-0.2, -0.15) is 5.10 Å². The van der Waals surface area contributed by atoms with Crippen LogP contribution in [0.15, 0.2) is 30.5 Å². The Morgan fingerprint density at radius 2 is 2.11 bits per heavy atom. The highest BCUT2D eigenvalue weighted by molar-refractivity contribution is 5.66. The van der Waals surface area contributed by atoms with Crippen molar-refractivity contribution in [1.29, 1.82) is 0 Å². The van der Waals surface area contributed by atoms with E-state index in [9.17, 15) is 4.39 Å². The van der Waals surface area contributed by atoms with E-state index >= 15 is 0 Å². The first-order valence-corrected chi connectivity index (χ1v) is 6.24. The van der Waals surface area contributed by atoms with Gasteiger partial charge in [-0.05, 0) is 30.7 Å². The van der Waals surface area contributed by atoms with E-state index in [0.717, 1.165) is 30.6 Å². The summed E-state index contributed by atoms with van der Waals surface area (Å²) in [6.45, 7) is 2.05. The lowest BCUT2D eigenvalue weighted by atomic mass is 9.96. The molecule has 3 rings (SSSR count). The van der Waals surface area contributed by atoms with Gasteiger partial charge in [0.2, 0.25) is 0 Å². The van der Waals surface area contributed by atoms with Crippen molar-refractivity contribution in [1.82, 2.24) is 15.1 Å². The summed E-state index contributed by atoms with van der Waals surface area (Å²) in [6.07, 6.45) is 3.01. The second-order valence-corrected chi connectivity index (χ2v) is 4.76. The maximum absolute atomic E-state index is 13.0. The molecule has 2 heterocycles. The maximum Gasteiger partial charge on any atom is 0.123 e. The number of aromatic nitrogens is 2. The molecule has 18 heavy (non-hydrogen) atoms. The molecule has 1 saturated heterocycles. The molecular weight excluding hydrogens is 229 g/mol. The van der Waals surface area contributed by atoms with Gasteiger partial charge in [0.05, 0.1) is 11.9 Å². The number of nitrogens with zero attached hydrogens (tertiary/aromatic N) is 2. The van der Waals surface area contributed by atoms with Crippen molar-refractivity contribution >= 4 is 0 Å². The zero-order valence-electron chi connectivity index (χ0n) is 10.4. The second kappa shape index (κ2) is 4.53. The molecule has 0 bridgehead atoms. The molecule has 0 aliphatic carbocycles. The largest absolute Gasteiger partial charge is 0.316 e. The van der Waals surface area contributed by atoms with Crippen LogP contribution in [-0.4, -0.2) is 22.9 Å². The van der Waals surface area contributed by atoms with Crippen LogP contribution in [0.25, 0.3) is 11.1 Å². The lowest BCUT2D eigenvalue weighted by Gasteiger charge is -2.12. The molecule has 1 N–H and O–H groups in total. The first-order chi connectivity index (χ1) is 8.75. The molecule has 94 valence electrons. The number of halogens is 1. The summed E-state index contributed by atoms with van der Waals surface area (Å²) in [5, 5.41) is 7.73. The number of aryl methyl sites for hydroxylation is 1. The molecule has 0 spiro atoms. The molecule has 1 atom stereocenters. The minimum absolute atomic E-state index is 0.202. The number of hydrogen-bond donors (Lipinski definition) is 1. The Kier molecular flexibility index (Phi) is 2.88. The average molecular weight is 245 g/mol. The third-order valence-corrected chi connectivity index (χ3v) is 3.59. The van der Waals surface area contributed by atoms with Gasteiger partial charge in [-0.1, -0.05) is 12.1 Å². The molecule has 2 aromatic rings. The Labute approximate surface area is 106 Å². The summed E-state index contributed by atoms with van der Waals surface area (Å²) in [7, 11) is 1.97. The Bertz CT molecular complexity index is 539. The van der Waals surface area contributed by atoms with Crippen molar-refractivity contribution in [3.8, 4) is 11.1 Å². The van der Waals surface area contributed by atoms with Crippen molar-refractivity contribution in [2.45, 2.75) is 12.3 Å². The molecule has 0 radical (unpaired) electrons. The Hall–Kier alpha value is -1.68. The molecule has 4 heteroatoms. The molecule has 1 aromatic heterocycles. The second-order valence-electron chi connectivity index (χ2n) is 4.76. The van der Waals surface area contributed by atoms with Crippen LogP contribution in [0.4, 0.5) is 4.39 Å². The van der Waals surface area contributed by atoms with Crippen molar-refractivity contribution < 1.29 is 4.39 Å². The highest BCUT2D eigenvalue weighted by Gasteiger charge is 2.23. The molecule has 0 amide bonds. The van der Waals surface area contributed by atoms with E-state index in [0.29, 0.717) is 5.92 Å². The van der Waals surface area contributed by atoms with Gasteiger partial charge in [0.25, 0.3) is 0 Å². The van der Waals surface area contributed by atoms with Gasteiger partial charge in [0.1, 0.15) is 5.82 Å². The smallest absolute Gasteiger partial charge is 0.123 e. The monoisotopic (exact) mass is 245 g/mol. The van der Waals surface area contributed by atoms with Crippen molar-refractivity contribution in [3.05, 3.63) is 42.0 Å². The highest BCUT2D eigenvalue weighted by atomic mass is 19.1. The molecule has 1 unspecified atom stereocenters. The van der Waals surface area contributed by atoms with Crippen molar-refractivity contribution in [2.24, 2.45) is 7.05 Å².